The predicted molar refractivity (Wildman–Crippen MR) is 48.1 cm³/mol. The number of primary amides is 1. The monoisotopic (exact) mass is 182 g/mol. The topological polar surface area (TPSA) is 73.8 Å². The molecule has 1 amide bonds. The zero-order valence-electron chi connectivity index (χ0n) is 7.73. The molecular formula is C8H14N4O. The Hall–Kier alpha value is -1.39. The van der Waals surface area contributed by atoms with Gasteiger partial charge in [0.1, 0.15) is 6.33 Å². The minimum Gasteiger partial charge on any atom is -0.363 e. The van der Waals surface area contributed by atoms with Crippen LogP contribution in [0.1, 0.15) is 36.8 Å². The molecule has 0 aliphatic rings. The summed E-state index contributed by atoms with van der Waals surface area (Å²) in [5, 5.41) is 3.91. The van der Waals surface area contributed by atoms with Crippen LogP contribution in [0.15, 0.2) is 6.33 Å². The lowest BCUT2D eigenvalue weighted by Gasteiger charge is -1.97. The minimum atomic E-state index is -0.575. The number of unbranched alkanes of at least 4 members (excludes halogenated alkanes) is 2. The van der Waals surface area contributed by atoms with E-state index in [-0.39, 0.29) is 5.82 Å². The molecule has 13 heavy (non-hydrogen) atoms. The standard InChI is InChI=1S/C8H14N4O/c1-2-3-4-5-12-6-10-8(11-12)7(9)13/h6H,2-5H2,1H3,(H2,9,13). The van der Waals surface area contributed by atoms with Gasteiger partial charge in [-0.15, -0.1) is 5.10 Å². The van der Waals surface area contributed by atoms with Crippen molar-refractivity contribution in [2.75, 3.05) is 0 Å². The van der Waals surface area contributed by atoms with Gasteiger partial charge in [-0.2, -0.15) is 0 Å². The molecule has 0 radical (unpaired) electrons. The highest BCUT2D eigenvalue weighted by molar-refractivity contribution is 5.88. The summed E-state index contributed by atoms with van der Waals surface area (Å²) in [4.78, 5) is 14.4. The summed E-state index contributed by atoms with van der Waals surface area (Å²) in [7, 11) is 0. The van der Waals surface area contributed by atoms with Gasteiger partial charge in [0.2, 0.25) is 5.82 Å². The number of hydrogen-bond donors (Lipinski definition) is 1. The normalized spacial score (nSPS) is 10.2. The van der Waals surface area contributed by atoms with Crippen LogP contribution in [0.3, 0.4) is 0 Å². The maximum atomic E-state index is 10.6. The molecule has 72 valence electrons. The number of aryl methyl sites for hydroxylation is 1. The van der Waals surface area contributed by atoms with Gasteiger partial charge in [-0.05, 0) is 6.42 Å². The lowest BCUT2D eigenvalue weighted by Crippen LogP contribution is -2.13. The van der Waals surface area contributed by atoms with Crippen molar-refractivity contribution in [3.05, 3.63) is 12.2 Å². The van der Waals surface area contributed by atoms with Crippen LogP contribution in [0.2, 0.25) is 0 Å². The summed E-state index contributed by atoms with van der Waals surface area (Å²) in [6.07, 6.45) is 4.91. The third-order valence-corrected chi connectivity index (χ3v) is 1.75. The van der Waals surface area contributed by atoms with Gasteiger partial charge in [-0.3, -0.25) is 9.48 Å². The number of carbonyl (C=O) groups excluding carboxylic acids is 1. The molecule has 1 aromatic heterocycles. The van der Waals surface area contributed by atoms with Gasteiger partial charge in [0.15, 0.2) is 0 Å². The van der Waals surface area contributed by atoms with Crippen molar-refractivity contribution in [3.8, 4) is 0 Å². The highest BCUT2D eigenvalue weighted by Crippen LogP contribution is 1.97. The lowest BCUT2D eigenvalue weighted by atomic mass is 10.2. The van der Waals surface area contributed by atoms with Gasteiger partial charge in [0.05, 0.1) is 0 Å². The second-order valence-corrected chi connectivity index (χ2v) is 2.90. The first-order valence-corrected chi connectivity index (χ1v) is 4.43. The predicted octanol–water partition coefficient (Wildman–Crippen LogP) is 0.567. The third kappa shape index (κ3) is 2.85. The van der Waals surface area contributed by atoms with Crippen molar-refractivity contribution in [1.29, 1.82) is 0 Å². The van der Waals surface area contributed by atoms with Crippen LogP contribution in [-0.4, -0.2) is 20.7 Å². The van der Waals surface area contributed by atoms with E-state index in [1.54, 1.807) is 4.68 Å². The van der Waals surface area contributed by atoms with Crippen LogP contribution < -0.4 is 5.73 Å². The molecule has 0 atom stereocenters. The second kappa shape index (κ2) is 4.59. The molecule has 0 unspecified atom stereocenters. The Balaban J connectivity index is 2.44. The molecule has 0 aromatic carbocycles. The number of rotatable bonds is 5. The van der Waals surface area contributed by atoms with E-state index in [1.807, 2.05) is 0 Å². The van der Waals surface area contributed by atoms with Crippen molar-refractivity contribution in [1.82, 2.24) is 14.8 Å². The van der Waals surface area contributed by atoms with Crippen molar-refractivity contribution in [3.63, 3.8) is 0 Å². The van der Waals surface area contributed by atoms with Crippen LogP contribution in [-0.2, 0) is 6.54 Å². The summed E-state index contributed by atoms with van der Waals surface area (Å²) in [5.74, 6) is -0.481. The molecule has 0 aliphatic carbocycles. The quantitative estimate of drug-likeness (QED) is 0.676. The highest BCUT2D eigenvalue weighted by Gasteiger charge is 2.05. The summed E-state index contributed by atoms with van der Waals surface area (Å²) >= 11 is 0. The molecule has 0 saturated carbocycles. The Morgan fingerprint density at radius 2 is 2.38 bits per heavy atom. The average Bonchev–Trinajstić information content (AvgIpc) is 2.53. The smallest absolute Gasteiger partial charge is 0.288 e. The Morgan fingerprint density at radius 3 is 2.92 bits per heavy atom. The maximum absolute atomic E-state index is 10.6. The average molecular weight is 182 g/mol. The Labute approximate surface area is 76.9 Å². The van der Waals surface area contributed by atoms with Gasteiger partial charge in [-0.1, -0.05) is 19.8 Å². The fourth-order valence-electron chi connectivity index (χ4n) is 1.04. The maximum Gasteiger partial charge on any atom is 0.288 e. The molecule has 1 heterocycles. The van der Waals surface area contributed by atoms with Crippen molar-refractivity contribution < 1.29 is 4.79 Å². The van der Waals surface area contributed by atoms with Crippen LogP contribution in [0, 0.1) is 0 Å². The number of amides is 1. The van der Waals surface area contributed by atoms with E-state index in [0.717, 1.165) is 25.8 Å². The number of hydrogen-bond acceptors (Lipinski definition) is 3. The number of aromatic nitrogens is 3. The fraction of sp³-hybridized carbons (Fsp3) is 0.625. The molecule has 5 nitrogen and oxygen atoms in total. The van der Waals surface area contributed by atoms with Crippen LogP contribution in [0.25, 0.3) is 0 Å². The van der Waals surface area contributed by atoms with E-state index in [0.29, 0.717) is 0 Å². The minimum absolute atomic E-state index is 0.0940. The molecule has 0 spiro atoms. The summed E-state index contributed by atoms with van der Waals surface area (Å²) in [6, 6.07) is 0. The zero-order chi connectivity index (χ0) is 9.68. The molecule has 0 saturated heterocycles. The SMILES string of the molecule is CCCCCn1cnc(C(N)=O)n1. The first-order valence-electron chi connectivity index (χ1n) is 4.43. The van der Waals surface area contributed by atoms with Crippen LogP contribution in [0.4, 0.5) is 0 Å². The van der Waals surface area contributed by atoms with Gasteiger partial charge in [0.25, 0.3) is 5.91 Å². The van der Waals surface area contributed by atoms with E-state index >= 15 is 0 Å². The molecule has 5 heteroatoms. The van der Waals surface area contributed by atoms with Gasteiger partial charge in [-0.25, -0.2) is 4.98 Å². The van der Waals surface area contributed by atoms with E-state index in [9.17, 15) is 4.79 Å². The first kappa shape index (κ1) is 9.70. The molecule has 0 bridgehead atoms. The van der Waals surface area contributed by atoms with Crippen LogP contribution >= 0.6 is 0 Å². The Morgan fingerprint density at radius 1 is 1.62 bits per heavy atom. The summed E-state index contributed by atoms with van der Waals surface area (Å²) < 4.78 is 1.65. The Kier molecular flexibility index (Phi) is 3.42. The fourth-order valence-corrected chi connectivity index (χ4v) is 1.04. The Bertz CT molecular complexity index is 281. The molecule has 1 aromatic rings. The first-order chi connectivity index (χ1) is 6.24. The molecule has 2 N–H and O–H groups in total. The van der Waals surface area contributed by atoms with Gasteiger partial charge >= 0.3 is 0 Å². The highest BCUT2D eigenvalue weighted by atomic mass is 16.1. The lowest BCUT2D eigenvalue weighted by molar-refractivity contribution is 0.0990. The van der Waals surface area contributed by atoms with Gasteiger partial charge < -0.3 is 5.73 Å². The molecule has 0 fully saturated rings. The van der Waals surface area contributed by atoms with Crippen molar-refractivity contribution in [2.24, 2.45) is 5.73 Å². The molecular weight excluding hydrogens is 168 g/mol. The zero-order valence-corrected chi connectivity index (χ0v) is 7.73. The number of nitrogens with two attached hydrogens (primary N) is 1. The second-order valence-electron chi connectivity index (χ2n) is 2.90. The summed E-state index contributed by atoms with van der Waals surface area (Å²) in [6.45, 7) is 2.93. The van der Waals surface area contributed by atoms with E-state index in [4.69, 9.17) is 5.73 Å². The van der Waals surface area contributed by atoms with Crippen LogP contribution in [0.5, 0.6) is 0 Å². The molecule has 1 rings (SSSR count). The van der Waals surface area contributed by atoms with Crippen molar-refractivity contribution >= 4 is 5.91 Å². The van der Waals surface area contributed by atoms with E-state index in [1.165, 1.54) is 6.33 Å². The molecule has 0 aliphatic heterocycles. The van der Waals surface area contributed by atoms with Gasteiger partial charge in [0, 0.05) is 6.54 Å². The number of nitrogens with zero attached hydrogens (tertiary/aromatic N) is 3. The number of carbonyl (C=O) groups is 1. The van der Waals surface area contributed by atoms with E-state index in [2.05, 4.69) is 17.0 Å². The van der Waals surface area contributed by atoms with E-state index < -0.39 is 5.91 Å². The van der Waals surface area contributed by atoms with Crippen molar-refractivity contribution in [2.45, 2.75) is 32.7 Å². The third-order valence-electron chi connectivity index (χ3n) is 1.75. The summed E-state index contributed by atoms with van der Waals surface area (Å²) in [5.41, 5.74) is 5.00. The largest absolute Gasteiger partial charge is 0.363 e.